The minimum absolute atomic E-state index is 0.104. The highest BCUT2D eigenvalue weighted by molar-refractivity contribution is 5.86. The van der Waals surface area contributed by atoms with Crippen molar-refractivity contribution in [3.05, 3.63) is 60.2 Å². The molecule has 2 atom stereocenters. The van der Waals surface area contributed by atoms with Gasteiger partial charge in [-0.05, 0) is 44.2 Å². The van der Waals surface area contributed by atoms with Crippen LogP contribution in [0.3, 0.4) is 0 Å². The van der Waals surface area contributed by atoms with Gasteiger partial charge in [0.1, 0.15) is 0 Å². The molecule has 0 aliphatic carbocycles. The average molecular weight is 368 g/mol. The van der Waals surface area contributed by atoms with Gasteiger partial charge in [0.25, 0.3) is 0 Å². The van der Waals surface area contributed by atoms with Gasteiger partial charge in [-0.2, -0.15) is 0 Å². The van der Waals surface area contributed by atoms with Crippen LogP contribution < -0.4 is 0 Å². The molecule has 2 amide bonds. The molecule has 0 spiro atoms. The van der Waals surface area contributed by atoms with Crippen molar-refractivity contribution in [2.45, 2.75) is 45.2 Å². The van der Waals surface area contributed by atoms with Crippen LogP contribution in [0.4, 0.5) is 4.79 Å². The number of allylic oxidation sites excluding steroid dienone is 2. The molecule has 1 aromatic rings. The minimum atomic E-state index is -0.933. The fourth-order valence-corrected chi connectivity index (χ4v) is 4.89. The fourth-order valence-electron chi connectivity index (χ4n) is 4.89. The van der Waals surface area contributed by atoms with E-state index in [-0.39, 0.29) is 18.0 Å². The van der Waals surface area contributed by atoms with Crippen molar-refractivity contribution in [2.24, 2.45) is 5.41 Å². The first kappa shape index (κ1) is 19.2. The number of carbonyl (C=O) groups is 2. The van der Waals surface area contributed by atoms with Crippen LogP contribution in [0.5, 0.6) is 0 Å². The lowest BCUT2D eigenvalue weighted by molar-refractivity contribution is -0.138. The van der Waals surface area contributed by atoms with Gasteiger partial charge in [0.2, 0.25) is 5.91 Å². The van der Waals surface area contributed by atoms with Gasteiger partial charge in [0, 0.05) is 13.1 Å². The van der Waals surface area contributed by atoms with Gasteiger partial charge in [0.05, 0.1) is 17.5 Å². The van der Waals surface area contributed by atoms with Gasteiger partial charge in [-0.25, -0.2) is 4.79 Å². The lowest BCUT2D eigenvalue weighted by Crippen LogP contribution is -2.55. The van der Waals surface area contributed by atoms with Crippen molar-refractivity contribution in [1.29, 1.82) is 0 Å². The minimum Gasteiger partial charge on any atom is -0.465 e. The lowest BCUT2D eigenvalue weighted by atomic mass is 9.76. The van der Waals surface area contributed by atoms with Gasteiger partial charge >= 0.3 is 6.09 Å². The molecular weight excluding hydrogens is 340 g/mol. The van der Waals surface area contributed by atoms with Crippen LogP contribution in [0.15, 0.2) is 43.5 Å². The SMILES string of the molecule is C=CCC1(CC=C)CC2C(c3ccc(C)cc3C)N(C(=O)O)CCN2C1=O. The number of hydrogen-bond acceptors (Lipinski definition) is 2. The van der Waals surface area contributed by atoms with Crippen LogP contribution in [0, 0.1) is 19.3 Å². The Morgan fingerprint density at radius 3 is 2.48 bits per heavy atom. The zero-order chi connectivity index (χ0) is 19.8. The maximum absolute atomic E-state index is 13.3. The monoisotopic (exact) mass is 368 g/mol. The Labute approximate surface area is 161 Å². The quantitative estimate of drug-likeness (QED) is 0.797. The van der Waals surface area contributed by atoms with E-state index >= 15 is 0 Å². The highest BCUT2D eigenvalue weighted by Gasteiger charge is 2.55. The molecule has 5 nitrogen and oxygen atoms in total. The number of fused-ring (bicyclic) bond motifs is 1. The van der Waals surface area contributed by atoms with Crippen LogP contribution in [0.25, 0.3) is 0 Å². The van der Waals surface area contributed by atoms with E-state index in [0.717, 1.165) is 16.7 Å². The summed E-state index contributed by atoms with van der Waals surface area (Å²) in [7, 11) is 0. The summed E-state index contributed by atoms with van der Waals surface area (Å²) in [5, 5.41) is 9.83. The van der Waals surface area contributed by atoms with Gasteiger partial charge in [-0.15, -0.1) is 13.2 Å². The Morgan fingerprint density at radius 2 is 1.93 bits per heavy atom. The van der Waals surface area contributed by atoms with Crippen molar-refractivity contribution < 1.29 is 14.7 Å². The van der Waals surface area contributed by atoms with Gasteiger partial charge in [-0.3, -0.25) is 9.69 Å². The van der Waals surface area contributed by atoms with E-state index in [1.807, 2.05) is 30.9 Å². The van der Waals surface area contributed by atoms with Crippen molar-refractivity contribution in [3.8, 4) is 0 Å². The Bertz CT molecular complexity index is 776. The first-order valence-corrected chi connectivity index (χ1v) is 9.44. The summed E-state index contributed by atoms with van der Waals surface area (Å²) in [5.74, 6) is 0.104. The van der Waals surface area contributed by atoms with Crippen LogP contribution in [0.2, 0.25) is 0 Å². The standard InChI is InChI=1S/C22H28N2O3/c1-5-9-22(10-6-2)14-18-19(17-8-7-15(3)13-16(17)4)24(21(26)27)12-11-23(18)20(22)25/h5-8,13,18-19H,1-2,9-12,14H2,3-4H3,(H,26,27). The predicted octanol–water partition coefficient (Wildman–Crippen LogP) is 4.08. The summed E-state index contributed by atoms with van der Waals surface area (Å²) in [4.78, 5) is 28.7. The number of nitrogens with zero attached hydrogens (tertiary/aromatic N) is 2. The van der Waals surface area contributed by atoms with Crippen molar-refractivity contribution in [2.75, 3.05) is 13.1 Å². The van der Waals surface area contributed by atoms with Crippen molar-refractivity contribution in [3.63, 3.8) is 0 Å². The summed E-state index contributed by atoms with van der Waals surface area (Å²) < 4.78 is 0. The molecule has 0 saturated carbocycles. The zero-order valence-corrected chi connectivity index (χ0v) is 16.1. The third-order valence-corrected chi connectivity index (χ3v) is 6.06. The fraction of sp³-hybridized carbons (Fsp3) is 0.455. The van der Waals surface area contributed by atoms with E-state index in [9.17, 15) is 14.7 Å². The van der Waals surface area contributed by atoms with E-state index in [1.54, 1.807) is 12.2 Å². The summed E-state index contributed by atoms with van der Waals surface area (Å²) in [5.41, 5.74) is 2.63. The second-order valence-corrected chi connectivity index (χ2v) is 7.82. The number of amides is 2. The smallest absolute Gasteiger partial charge is 0.407 e. The average Bonchev–Trinajstić information content (AvgIpc) is 2.88. The van der Waals surface area contributed by atoms with Crippen LogP contribution in [-0.2, 0) is 4.79 Å². The first-order valence-electron chi connectivity index (χ1n) is 9.44. The highest BCUT2D eigenvalue weighted by Crippen LogP contribution is 2.49. The van der Waals surface area contributed by atoms with Gasteiger partial charge in [0.15, 0.2) is 0 Å². The molecule has 2 saturated heterocycles. The number of hydrogen-bond donors (Lipinski definition) is 1. The summed E-state index contributed by atoms with van der Waals surface area (Å²) >= 11 is 0. The molecule has 0 bridgehead atoms. The molecule has 3 rings (SSSR count). The van der Waals surface area contributed by atoms with E-state index in [1.165, 1.54) is 4.90 Å². The largest absolute Gasteiger partial charge is 0.465 e. The lowest BCUT2D eigenvalue weighted by Gasteiger charge is -2.44. The third kappa shape index (κ3) is 3.15. The van der Waals surface area contributed by atoms with Crippen molar-refractivity contribution >= 4 is 12.0 Å². The van der Waals surface area contributed by atoms with Gasteiger partial charge < -0.3 is 10.0 Å². The molecular formula is C22H28N2O3. The normalized spacial score (nSPS) is 23.9. The maximum Gasteiger partial charge on any atom is 0.407 e. The number of piperazine rings is 1. The Morgan fingerprint density at radius 1 is 1.26 bits per heavy atom. The molecule has 2 fully saturated rings. The molecule has 0 aromatic heterocycles. The topological polar surface area (TPSA) is 60.9 Å². The molecule has 2 aliphatic heterocycles. The molecule has 2 heterocycles. The molecule has 1 aromatic carbocycles. The van der Waals surface area contributed by atoms with E-state index in [0.29, 0.717) is 32.4 Å². The summed E-state index contributed by atoms with van der Waals surface area (Å²) in [6, 6.07) is 5.59. The van der Waals surface area contributed by atoms with E-state index < -0.39 is 11.5 Å². The highest BCUT2D eigenvalue weighted by atomic mass is 16.4. The Kier molecular flexibility index (Phi) is 5.13. The number of rotatable bonds is 5. The van der Waals surface area contributed by atoms with E-state index in [4.69, 9.17) is 0 Å². The van der Waals surface area contributed by atoms with E-state index in [2.05, 4.69) is 19.2 Å². The van der Waals surface area contributed by atoms with Gasteiger partial charge in [-0.1, -0.05) is 35.9 Å². The second kappa shape index (κ2) is 7.22. The molecule has 144 valence electrons. The maximum atomic E-state index is 13.3. The van der Waals surface area contributed by atoms with Crippen LogP contribution in [0.1, 0.15) is 42.0 Å². The second-order valence-electron chi connectivity index (χ2n) is 7.82. The zero-order valence-electron chi connectivity index (χ0n) is 16.1. The van der Waals surface area contributed by atoms with Crippen molar-refractivity contribution in [1.82, 2.24) is 9.80 Å². The Balaban J connectivity index is 2.08. The number of carbonyl (C=O) groups excluding carboxylic acids is 1. The molecule has 2 unspecified atom stereocenters. The molecule has 27 heavy (non-hydrogen) atoms. The van der Waals surface area contributed by atoms with Crippen LogP contribution in [-0.4, -0.2) is 46.0 Å². The number of benzene rings is 1. The molecule has 2 aliphatic rings. The number of carboxylic acid groups (broad SMARTS) is 1. The predicted molar refractivity (Wildman–Crippen MR) is 106 cm³/mol. The molecule has 1 N–H and O–H groups in total. The third-order valence-electron chi connectivity index (χ3n) is 6.06. The molecule has 5 heteroatoms. The molecule has 0 radical (unpaired) electrons. The number of aryl methyl sites for hydroxylation is 2. The first-order chi connectivity index (χ1) is 12.8. The Hall–Kier alpha value is -2.56. The summed E-state index contributed by atoms with van der Waals surface area (Å²) in [6.07, 6.45) is 4.43. The summed E-state index contributed by atoms with van der Waals surface area (Å²) in [6.45, 7) is 12.5. The van der Waals surface area contributed by atoms with Crippen LogP contribution >= 0.6 is 0 Å².